The number of rotatable bonds is 18. The van der Waals surface area contributed by atoms with Crippen LogP contribution in [-0.2, 0) is 4.79 Å². The molecule has 2 unspecified atom stereocenters. The molecule has 0 aliphatic carbocycles. The van der Waals surface area contributed by atoms with E-state index in [2.05, 4.69) is 98.6 Å². The molecule has 1 saturated heterocycles. The van der Waals surface area contributed by atoms with E-state index in [9.17, 15) is 24.9 Å². The number of carbonyl (C=O) groups is 2. The first kappa shape index (κ1) is 41.7. The van der Waals surface area contributed by atoms with Gasteiger partial charge in [-0.2, -0.15) is 0 Å². The van der Waals surface area contributed by atoms with Crippen molar-refractivity contribution in [3.8, 4) is 0 Å². The minimum Gasteiger partial charge on any atom is -0.395 e. The lowest BCUT2D eigenvalue weighted by atomic mass is 9.54. The van der Waals surface area contributed by atoms with E-state index >= 15 is 0 Å². The van der Waals surface area contributed by atoms with E-state index in [0.717, 1.165) is 55.6 Å². The molecule has 1 heterocycles. The Labute approximate surface area is 292 Å². The number of amides is 2. The molecule has 0 aromatic heterocycles. The van der Waals surface area contributed by atoms with Gasteiger partial charge in [-0.15, -0.1) is 0 Å². The predicted octanol–water partition coefficient (Wildman–Crippen LogP) is 6.79. The van der Waals surface area contributed by atoms with Gasteiger partial charge in [-0.05, 0) is 82.6 Å². The Hall–Kier alpha value is -2.42. The maximum atomic E-state index is 14.0. The van der Waals surface area contributed by atoms with E-state index < -0.39 is 0 Å². The molecule has 0 bridgehead atoms. The van der Waals surface area contributed by atoms with Gasteiger partial charge in [-0.1, -0.05) is 82.7 Å². The van der Waals surface area contributed by atoms with E-state index in [4.69, 9.17) is 0 Å². The Balaban J connectivity index is 2.83. The molecule has 8 nitrogen and oxygen atoms in total. The third-order valence-corrected chi connectivity index (χ3v) is 10.8. The first-order valence-corrected chi connectivity index (χ1v) is 18.2. The summed E-state index contributed by atoms with van der Waals surface area (Å²) in [5, 5.41) is 29.3. The molecule has 0 spiro atoms. The molecule has 1 aromatic carbocycles. The molecule has 1 fully saturated rings. The Bertz CT molecular complexity index is 1170. The molecule has 8 heteroatoms. The average molecular weight is 672 g/mol. The molecule has 2 rings (SSSR count). The van der Waals surface area contributed by atoms with Crippen LogP contribution in [0.3, 0.4) is 0 Å². The summed E-state index contributed by atoms with van der Waals surface area (Å²) in [5.74, 6) is 0.0346. The van der Waals surface area contributed by atoms with Crippen molar-refractivity contribution >= 4 is 17.5 Å². The monoisotopic (exact) mass is 672 g/mol. The van der Waals surface area contributed by atoms with Gasteiger partial charge in [0.2, 0.25) is 5.91 Å². The van der Waals surface area contributed by atoms with E-state index in [1.807, 2.05) is 12.1 Å². The van der Waals surface area contributed by atoms with E-state index in [1.54, 1.807) is 0 Å². The van der Waals surface area contributed by atoms with Crippen LogP contribution in [0, 0.1) is 21.7 Å². The second-order valence-electron chi connectivity index (χ2n) is 17.4. The van der Waals surface area contributed by atoms with Crippen LogP contribution in [0.1, 0.15) is 136 Å². The molecule has 3 N–H and O–H groups in total. The predicted molar refractivity (Wildman–Crippen MR) is 198 cm³/mol. The lowest BCUT2D eigenvalue weighted by molar-refractivity contribution is -0.133. The summed E-state index contributed by atoms with van der Waals surface area (Å²) in [4.78, 5) is 32.8. The van der Waals surface area contributed by atoms with Gasteiger partial charge in [0.1, 0.15) is 0 Å². The molecule has 2 amide bonds. The number of nitrogens with zero attached hydrogens (tertiary/aromatic N) is 3. The third kappa shape index (κ3) is 10.5. The van der Waals surface area contributed by atoms with Gasteiger partial charge in [-0.25, -0.2) is 0 Å². The molecule has 1 aromatic rings. The van der Waals surface area contributed by atoms with Crippen molar-refractivity contribution in [1.29, 1.82) is 0 Å². The number of likely N-dealkylation sites (tertiary alicyclic amines) is 1. The minimum absolute atomic E-state index is 0.00634. The van der Waals surface area contributed by atoms with Gasteiger partial charge in [0.25, 0.3) is 5.91 Å². The number of benzene rings is 1. The van der Waals surface area contributed by atoms with E-state index in [1.165, 1.54) is 4.90 Å². The van der Waals surface area contributed by atoms with Crippen molar-refractivity contribution in [2.75, 3.05) is 52.5 Å². The zero-order chi connectivity index (χ0) is 36.7. The Morgan fingerprint density at radius 2 is 1.38 bits per heavy atom. The van der Waals surface area contributed by atoms with Crippen LogP contribution >= 0.6 is 0 Å². The lowest BCUT2D eigenvalue weighted by Gasteiger charge is -2.53. The number of carbonyl (C=O) groups excluding carboxylic acids is 2. The lowest BCUT2D eigenvalue weighted by Crippen LogP contribution is -2.50. The topological polar surface area (TPSA) is 105 Å². The van der Waals surface area contributed by atoms with Crippen molar-refractivity contribution in [2.45, 2.75) is 120 Å². The number of aliphatic hydroxyl groups excluding tert-OH is 3. The highest BCUT2D eigenvalue weighted by Crippen LogP contribution is 2.56. The maximum Gasteiger partial charge on any atom is 0.254 e. The summed E-state index contributed by atoms with van der Waals surface area (Å²) < 4.78 is 0. The van der Waals surface area contributed by atoms with Gasteiger partial charge in [-0.3, -0.25) is 9.59 Å². The van der Waals surface area contributed by atoms with Crippen molar-refractivity contribution in [3.63, 3.8) is 0 Å². The first-order valence-electron chi connectivity index (χ1n) is 18.2. The molecule has 0 radical (unpaired) electrons. The summed E-state index contributed by atoms with van der Waals surface area (Å²) in [7, 11) is 0. The fraction of sp³-hybridized carbons (Fsp3) is 0.750. The fourth-order valence-corrected chi connectivity index (χ4v) is 7.34. The normalized spacial score (nSPS) is 15.9. The molecule has 48 heavy (non-hydrogen) atoms. The van der Waals surface area contributed by atoms with Crippen molar-refractivity contribution in [1.82, 2.24) is 14.7 Å². The Kier molecular flexibility index (Phi) is 14.8. The average Bonchev–Trinajstić information content (AvgIpc) is 3.41. The van der Waals surface area contributed by atoms with Crippen LogP contribution in [0.15, 0.2) is 24.8 Å². The number of hydrogen-bond donors (Lipinski definition) is 3. The smallest absolute Gasteiger partial charge is 0.254 e. The Morgan fingerprint density at radius 1 is 0.833 bits per heavy atom. The van der Waals surface area contributed by atoms with Gasteiger partial charge in [0.15, 0.2) is 0 Å². The third-order valence-electron chi connectivity index (χ3n) is 10.8. The largest absolute Gasteiger partial charge is 0.395 e. The van der Waals surface area contributed by atoms with Crippen molar-refractivity contribution < 1.29 is 24.9 Å². The number of aliphatic hydroxyl groups is 3. The summed E-state index contributed by atoms with van der Waals surface area (Å²) in [6.45, 7) is 31.2. The van der Waals surface area contributed by atoms with Crippen molar-refractivity contribution in [3.05, 3.63) is 41.5 Å². The minimum atomic E-state index is -0.281. The van der Waals surface area contributed by atoms with Crippen molar-refractivity contribution in [2.24, 2.45) is 21.7 Å². The quantitative estimate of drug-likeness (QED) is 0.159. The van der Waals surface area contributed by atoms with Crippen LogP contribution in [0.4, 0.5) is 0 Å². The zero-order valence-corrected chi connectivity index (χ0v) is 32.3. The molecule has 1 aliphatic heterocycles. The molecule has 1 aliphatic rings. The summed E-state index contributed by atoms with van der Waals surface area (Å²) in [6.07, 6.45) is 4.11. The number of hydrogen-bond acceptors (Lipinski definition) is 6. The van der Waals surface area contributed by atoms with Crippen LogP contribution in [0.25, 0.3) is 5.70 Å². The van der Waals surface area contributed by atoms with Gasteiger partial charge in [0.05, 0.1) is 19.8 Å². The zero-order valence-electron chi connectivity index (χ0n) is 32.3. The fourth-order valence-electron chi connectivity index (χ4n) is 7.34. The van der Waals surface area contributed by atoms with Gasteiger partial charge < -0.3 is 30.0 Å². The second-order valence-corrected chi connectivity index (χ2v) is 17.4. The first-order chi connectivity index (χ1) is 22.1. The second kappa shape index (κ2) is 17.0. The highest BCUT2D eigenvalue weighted by Gasteiger charge is 2.49. The van der Waals surface area contributed by atoms with Crippen LogP contribution in [0.2, 0.25) is 0 Å². The highest BCUT2D eigenvalue weighted by molar-refractivity contribution is 5.95. The molecule has 274 valence electrons. The Morgan fingerprint density at radius 3 is 1.83 bits per heavy atom. The van der Waals surface area contributed by atoms with Gasteiger partial charge in [0, 0.05) is 56.4 Å². The molecule has 0 saturated carbocycles. The summed E-state index contributed by atoms with van der Waals surface area (Å²) in [5.41, 5.74) is 2.49. The molecule has 2 atom stereocenters. The van der Waals surface area contributed by atoms with E-state index in [-0.39, 0.29) is 78.3 Å². The summed E-state index contributed by atoms with van der Waals surface area (Å²) >= 11 is 0. The van der Waals surface area contributed by atoms with Crippen LogP contribution < -0.4 is 0 Å². The van der Waals surface area contributed by atoms with Crippen LogP contribution in [-0.4, -0.2) is 100 Å². The van der Waals surface area contributed by atoms with Crippen LogP contribution in [0.5, 0.6) is 0 Å². The van der Waals surface area contributed by atoms with E-state index in [0.29, 0.717) is 18.5 Å². The molecular formula is C40H69N3O5. The molecular weight excluding hydrogens is 602 g/mol. The SMILES string of the molecule is C=C(c1cc(C(=O)N(CCO)CCO)cc(C(CC(C)(C)C)C(C)(C)C(C)(C)CC(N2CCCC2=O)C(C)(C)C)c1)N(CCC)CCO. The maximum absolute atomic E-state index is 14.0. The summed E-state index contributed by atoms with van der Waals surface area (Å²) in [6, 6.07) is 6.15. The van der Waals surface area contributed by atoms with Gasteiger partial charge >= 0.3 is 0 Å². The highest BCUT2D eigenvalue weighted by atomic mass is 16.3. The standard InChI is InChI=1S/C40H69N3O5/c1-13-16-41(18-21-44)29(2)30-24-31(26-32(25-30)36(48)42(19-22-45)20-23-46)33(27-37(3,4)5)40(11,12)39(9,10)28-34(38(6,7)8)43-17-14-15-35(43)47/h24-26,33-34,44-46H,2,13-23,27-28H2,1,3-12H3.